The summed E-state index contributed by atoms with van der Waals surface area (Å²) in [5, 5.41) is 12.4. The van der Waals surface area contributed by atoms with Crippen molar-refractivity contribution in [3.05, 3.63) is 27.2 Å². The number of carbonyl (C=O) groups is 2. The Labute approximate surface area is 168 Å². The number of amides is 1. The van der Waals surface area contributed by atoms with Crippen LogP contribution in [-0.2, 0) is 9.53 Å². The van der Waals surface area contributed by atoms with Gasteiger partial charge in [-0.3, -0.25) is 4.79 Å². The standard InChI is InChI=1S/C17H18N4O3S3/c1-5-24-16(23)14-13(12-8(2)6-9(3)18-15(12)27-14)19-11(22)7-25-17-21-20-10(4)26-17/h6H,5,7H2,1-4H3,(H,19,22). The first kappa shape index (κ1) is 19.7. The van der Waals surface area contributed by atoms with Gasteiger partial charge in [0, 0.05) is 11.1 Å². The van der Waals surface area contributed by atoms with Gasteiger partial charge in [-0.2, -0.15) is 0 Å². The minimum absolute atomic E-state index is 0.173. The van der Waals surface area contributed by atoms with Gasteiger partial charge in [0.15, 0.2) is 4.34 Å². The highest BCUT2D eigenvalue weighted by Gasteiger charge is 2.23. The molecule has 3 aromatic rings. The Morgan fingerprint density at radius 1 is 1.22 bits per heavy atom. The lowest BCUT2D eigenvalue weighted by atomic mass is 10.1. The number of aryl methyl sites for hydroxylation is 3. The minimum Gasteiger partial charge on any atom is -0.462 e. The van der Waals surface area contributed by atoms with Gasteiger partial charge in [0.05, 0.1) is 18.0 Å². The first-order chi connectivity index (χ1) is 12.9. The summed E-state index contributed by atoms with van der Waals surface area (Å²) in [6.07, 6.45) is 0. The fourth-order valence-corrected chi connectivity index (χ4v) is 5.30. The number of nitrogens with one attached hydrogen (secondary N) is 1. The number of hydrogen-bond acceptors (Lipinski definition) is 9. The second-order valence-electron chi connectivity index (χ2n) is 5.71. The molecule has 0 aliphatic heterocycles. The molecule has 142 valence electrons. The predicted molar refractivity (Wildman–Crippen MR) is 109 cm³/mol. The van der Waals surface area contributed by atoms with Gasteiger partial charge in [0.25, 0.3) is 0 Å². The topological polar surface area (TPSA) is 94.1 Å². The lowest BCUT2D eigenvalue weighted by Crippen LogP contribution is -2.16. The van der Waals surface area contributed by atoms with Gasteiger partial charge in [0.1, 0.15) is 14.7 Å². The van der Waals surface area contributed by atoms with E-state index < -0.39 is 5.97 Å². The highest BCUT2D eigenvalue weighted by Crippen LogP contribution is 2.38. The number of pyridine rings is 1. The van der Waals surface area contributed by atoms with Crippen molar-refractivity contribution in [2.45, 2.75) is 32.0 Å². The van der Waals surface area contributed by atoms with Crippen molar-refractivity contribution in [2.75, 3.05) is 17.7 Å². The van der Waals surface area contributed by atoms with Crippen molar-refractivity contribution in [1.29, 1.82) is 0 Å². The van der Waals surface area contributed by atoms with E-state index in [1.165, 1.54) is 34.4 Å². The Bertz CT molecular complexity index is 1010. The number of esters is 1. The smallest absolute Gasteiger partial charge is 0.350 e. The molecule has 0 spiro atoms. The summed E-state index contributed by atoms with van der Waals surface area (Å²) in [5.74, 6) is -0.509. The molecule has 10 heteroatoms. The Morgan fingerprint density at radius 3 is 2.67 bits per heavy atom. The maximum atomic E-state index is 12.5. The van der Waals surface area contributed by atoms with Gasteiger partial charge in [-0.05, 0) is 39.3 Å². The van der Waals surface area contributed by atoms with Crippen molar-refractivity contribution in [3.8, 4) is 0 Å². The van der Waals surface area contributed by atoms with E-state index in [1.807, 2.05) is 26.8 Å². The number of ether oxygens (including phenoxy) is 1. The van der Waals surface area contributed by atoms with Crippen LogP contribution in [0.15, 0.2) is 10.4 Å². The summed E-state index contributed by atoms with van der Waals surface area (Å²) >= 11 is 3.98. The van der Waals surface area contributed by atoms with Gasteiger partial charge in [-0.15, -0.1) is 21.5 Å². The van der Waals surface area contributed by atoms with Crippen LogP contribution in [0.2, 0.25) is 0 Å². The van der Waals surface area contributed by atoms with Gasteiger partial charge in [-0.25, -0.2) is 9.78 Å². The predicted octanol–water partition coefficient (Wildman–Crippen LogP) is 3.98. The lowest BCUT2D eigenvalue weighted by Gasteiger charge is -2.08. The molecular weight excluding hydrogens is 404 g/mol. The van der Waals surface area contributed by atoms with Crippen molar-refractivity contribution >= 4 is 62.2 Å². The third-order valence-electron chi connectivity index (χ3n) is 3.55. The quantitative estimate of drug-likeness (QED) is 0.474. The Kier molecular flexibility index (Phi) is 6.08. The van der Waals surface area contributed by atoms with E-state index in [4.69, 9.17) is 4.74 Å². The largest absolute Gasteiger partial charge is 0.462 e. The molecule has 0 atom stereocenters. The van der Waals surface area contributed by atoms with E-state index in [0.717, 1.165) is 26.0 Å². The minimum atomic E-state index is -0.458. The molecule has 0 saturated heterocycles. The second kappa shape index (κ2) is 8.32. The molecule has 3 aromatic heterocycles. The summed E-state index contributed by atoms with van der Waals surface area (Å²) in [4.78, 5) is 30.5. The van der Waals surface area contributed by atoms with Crippen LogP contribution < -0.4 is 5.32 Å². The van der Waals surface area contributed by atoms with Crippen LogP contribution in [0.25, 0.3) is 10.2 Å². The van der Waals surface area contributed by atoms with Gasteiger partial charge in [-0.1, -0.05) is 23.1 Å². The number of thiophene rings is 1. The number of nitrogens with zero attached hydrogens (tertiary/aromatic N) is 3. The molecule has 0 radical (unpaired) electrons. The molecule has 0 bridgehead atoms. The van der Waals surface area contributed by atoms with Crippen LogP contribution in [0.3, 0.4) is 0 Å². The highest BCUT2D eigenvalue weighted by atomic mass is 32.2. The molecule has 3 heterocycles. The van der Waals surface area contributed by atoms with Crippen LogP contribution in [0.1, 0.15) is 32.9 Å². The Hall–Kier alpha value is -2.04. The van der Waals surface area contributed by atoms with E-state index in [2.05, 4.69) is 20.5 Å². The molecule has 0 aliphatic carbocycles. The number of thioether (sulfide) groups is 1. The summed E-state index contributed by atoms with van der Waals surface area (Å²) in [5.41, 5.74) is 2.28. The summed E-state index contributed by atoms with van der Waals surface area (Å²) in [6.45, 7) is 7.71. The van der Waals surface area contributed by atoms with Gasteiger partial charge in [0.2, 0.25) is 5.91 Å². The highest BCUT2D eigenvalue weighted by molar-refractivity contribution is 8.01. The van der Waals surface area contributed by atoms with Crippen molar-refractivity contribution in [3.63, 3.8) is 0 Å². The van der Waals surface area contributed by atoms with E-state index in [-0.39, 0.29) is 18.3 Å². The number of rotatable bonds is 6. The molecular formula is C17H18N4O3S3. The van der Waals surface area contributed by atoms with Gasteiger partial charge >= 0.3 is 5.97 Å². The van der Waals surface area contributed by atoms with E-state index in [1.54, 1.807) is 6.92 Å². The molecule has 27 heavy (non-hydrogen) atoms. The van der Waals surface area contributed by atoms with Crippen LogP contribution in [0, 0.1) is 20.8 Å². The first-order valence-corrected chi connectivity index (χ1v) is 10.8. The van der Waals surface area contributed by atoms with Crippen molar-refractivity contribution < 1.29 is 14.3 Å². The molecule has 0 fully saturated rings. The number of fused-ring (bicyclic) bond motifs is 1. The van der Waals surface area contributed by atoms with E-state index in [0.29, 0.717) is 15.4 Å². The molecule has 0 unspecified atom stereocenters. The first-order valence-electron chi connectivity index (χ1n) is 8.19. The SMILES string of the molecule is CCOC(=O)c1sc2nc(C)cc(C)c2c1NC(=O)CSc1nnc(C)s1. The zero-order valence-electron chi connectivity index (χ0n) is 15.3. The molecule has 1 amide bonds. The monoisotopic (exact) mass is 422 g/mol. The molecule has 0 aromatic carbocycles. The maximum absolute atomic E-state index is 12.5. The Balaban J connectivity index is 1.89. The molecule has 7 nitrogen and oxygen atoms in total. The van der Waals surface area contributed by atoms with Gasteiger partial charge < -0.3 is 10.1 Å². The molecule has 0 saturated carbocycles. The second-order valence-corrected chi connectivity index (χ2v) is 9.11. The lowest BCUT2D eigenvalue weighted by molar-refractivity contribution is -0.113. The van der Waals surface area contributed by atoms with E-state index in [9.17, 15) is 9.59 Å². The van der Waals surface area contributed by atoms with Crippen molar-refractivity contribution in [2.24, 2.45) is 0 Å². The zero-order chi connectivity index (χ0) is 19.6. The number of carbonyl (C=O) groups excluding carboxylic acids is 2. The number of anilines is 1. The van der Waals surface area contributed by atoms with E-state index >= 15 is 0 Å². The van der Waals surface area contributed by atoms with Crippen LogP contribution in [0.5, 0.6) is 0 Å². The summed E-state index contributed by atoms with van der Waals surface area (Å²) in [7, 11) is 0. The average molecular weight is 423 g/mol. The Morgan fingerprint density at radius 2 is 2.00 bits per heavy atom. The fraction of sp³-hybridized carbons (Fsp3) is 0.353. The molecule has 0 aliphatic rings. The van der Waals surface area contributed by atoms with Crippen LogP contribution >= 0.6 is 34.4 Å². The number of aromatic nitrogens is 3. The maximum Gasteiger partial charge on any atom is 0.350 e. The fourth-order valence-electron chi connectivity index (χ4n) is 2.54. The zero-order valence-corrected chi connectivity index (χ0v) is 17.7. The van der Waals surface area contributed by atoms with Crippen LogP contribution in [-0.4, -0.2) is 39.4 Å². The average Bonchev–Trinajstić information content (AvgIpc) is 3.17. The van der Waals surface area contributed by atoms with Crippen LogP contribution in [0.4, 0.5) is 5.69 Å². The summed E-state index contributed by atoms with van der Waals surface area (Å²) < 4.78 is 5.89. The third-order valence-corrected chi connectivity index (χ3v) is 6.58. The summed E-state index contributed by atoms with van der Waals surface area (Å²) in [6, 6.07) is 1.93. The number of hydrogen-bond donors (Lipinski definition) is 1. The molecule has 3 rings (SSSR count). The van der Waals surface area contributed by atoms with Crippen molar-refractivity contribution in [1.82, 2.24) is 15.2 Å². The third kappa shape index (κ3) is 4.45. The normalized spacial score (nSPS) is 11.0. The molecule has 1 N–H and O–H groups in total.